The Morgan fingerprint density at radius 3 is 2.79 bits per heavy atom. The lowest BCUT2D eigenvalue weighted by Crippen LogP contribution is -1.86. The van der Waals surface area contributed by atoms with Crippen LogP contribution in [0.1, 0.15) is 0 Å². The molecule has 0 unspecified atom stereocenters. The maximum absolute atomic E-state index is 12.8. The van der Waals surface area contributed by atoms with E-state index >= 15 is 0 Å². The van der Waals surface area contributed by atoms with Gasteiger partial charge in [0.2, 0.25) is 5.95 Å². The maximum atomic E-state index is 12.8. The molecule has 0 aromatic carbocycles. The van der Waals surface area contributed by atoms with Crippen LogP contribution >= 0.6 is 15.9 Å². The minimum absolute atomic E-state index is 0.496. The first-order chi connectivity index (χ1) is 6.75. The second-order valence-corrected chi connectivity index (χ2v) is 3.53. The van der Waals surface area contributed by atoms with Crippen molar-refractivity contribution in [2.75, 3.05) is 0 Å². The zero-order chi connectivity index (χ0) is 9.97. The second kappa shape index (κ2) is 3.84. The van der Waals surface area contributed by atoms with Crippen LogP contribution in [0, 0.1) is 5.95 Å². The van der Waals surface area contributed by atoms with E-state index in [1.807, 2.05) is 18.2 Å². The lowest BCUT2D eigenvalue weighted by molar-refractivity contribution is 0.584. The van der Waals surface area contributed by atoms with E-state index in [0.29, 0.717) is 0 Å². The molecule has 0 aliphatic rings. The van der Waals surface area contributed by atoms with Gasteiger partial charge in [0.25, 0.3) is 0 Å². The quantitative estimate of drug-likeness (QED) is 0.730. The van der Waals surface area contributed by atoms with Crippen molar-refractivity contribution >= 4 is 15.9 Å². The molecule has 0 bridgehead atoms. The molecule has 2 nitrogen and oxygen atoms in total. The van der Waals surface area contributed by atoms with E-state index in [2.05, 4.69) is 25.9 Å². The summed E-state index contributed by atoms with van der Waals surface area (Å²) in [6, 6.07) is 8.57. The largest absolute Gasteiger partial charge is 0.241 e. The molecule has 70 valence electrons. The summed E-state index contributed by atoms with van der Waals surface area (Å²) in [6.45, 7) is 0. The molecule has 2 aromatic heterocycles. The Hall–Kier alpha value is -1.29. The third-order valence-electron chi connectivity index (χ3n) is 1.74. The number of halogens is 2. The summed E-state index contributed by atoms with van der Waals surface area (Å²) in [6.07, 6.45) is 1.42. The average molecular weight is 253 g/mol. The highest BCUT2D eigenvalue weighted by Gasteiger charge is 2.01. The molecule has 0 aliphatic heterocycles. The van der Waals surface area contributed by atoms with Crippen LogP contribution in [0.2, 0.25) is 0 Å². The monoisotopic (exact) mass is 252 g/mol. The molecule has 2 rings (SSSR count). The van der Waals surface area contributed by atoms with Gasteiger partial charge in [-0.1, -0.05) is 6.07 Å². The predicted molar refractivity (Wildman–Crippen MR) is 55.1 cm³/mol. The van der Waals surface area contributed by atoms with Crippen molar-refractivity contribution < 1.29 is 4.39 Å². The molecule has 2 heterocycles. The first kappa shape index (κ1) is 9.27. The Morgan fingerprint density at radius 2 is 2.07 bits per heavy atom. The summed E-state index contributed by atoms with van der Waals surface area (Å²) in [5, 5.41) is 0. The lowest BCUT2D eigenvalue weighted by atomic mass is 10.2. The van der Waals surface area contributed by atoms with Gasteiger partial charge in [0.1, 0.15) is 4.60 Å². The predicted octanol–water partition coefficient (Wildman–Crippen LogP) is 3.05. The highest BCUT2D eigenvalue weighted by molar-refractivity contribution is 9.10. The van der Waals surface area contributed by atoms with Crippen LogP contribution in [0.25, 0.3) is 11.3 Å². The van der Waals surface area contributed by atoms with Crippen molar-refractivity contribution in [1.29, 1.82) is 0 Å². The molecule has 0 N–H and O–H groups in total. The van der Waals surface area contributed by atoms with E-state index in [1.165, 1.54) is 12.3 Å². The van der Waals surface area contributed by atoms with Crippen molar-refractivity contribution in [1.82, 2.24) is 9.97 Å². The summed E-state index contributed by atoms with van der Waals surface area (Å²) in [5.41, 5.74) is 1.44. The number of aromatic nitrogens is 2. The van der Waals surface area contributed by atoms with Crippen molar-refractivity contribution in [2.45, 2.75) is 0 Å². The van der Waals surface area contributed by atoms with E-state index in [1.54, 1.807) is 6.07 Å². The minimum Gasteiger partial charge on any atom is -0.241 e. The Balaban J connectivity index is 2.49. The first-order valence-electron chi connectivity index (χ1n) is 4.00. The SMILES string of the molecule is Fc1cc(-c2cccc(Br)n2)ccn1. The fourth-order valence-electron chi connectivity index (χ4n) is 1.13. The van der Waals surface area contributed by atoms with Gasteiger partial charge in [-0.3, -0.25) is 0 Å². The number of hydrogen-bond acceptors (Lipinski definition) is 2. The number of rotatable bonds is 1. The van der Waals surface area contributed by atoms with Gasteiger partial charge in [0.05, 0.1) is 5.69 Å². The minimum atomic E-state index is -0.496. The molecule has 0 saturated carbocycles. The molecule has 0 radical (unpaired) electrons. The van der Waals surface area contributed by atoms with Crippen LogP contribution in [0.5, 0.6) is 0 Å². The van der Waals surface area contributed by atoms with E-state index in [4.69, 9.17) is 0 Å². The van der Waals surface area contributed by atoms with Gasteiger partial charge in [0, 0.05) is 17.8 Å². The molecule has 0 amide bonds. The van der Waals surface area contributed by atoms with Crippen LogP contribution in [-0.4, -0.2) is 9.97 Å². The topological polar surface area (TPSA) is 25.8 Å². The van der Waals surface area contributed by atoms with Crippen LogP contribution in [0.3, 0.4) is 0 Å². The molecule has 0 atom stereocenters. The first-order valence-corrected chi connectivity index (χ1v) is 4.79. The van der Waals surface area contributed by atoms with E-state index < -0.39 is 5.95 Å². The normalized spacial score (nSPS) is 10.1. The fraction of sp³-hybridized carbons (Fsp3) is 0. The van der Waals surface area contributed by atoms with Gasteiger partial charge >= 0.3 is 0 Å². The van der Waals surface area contributed by atoms with E-state index in [9.17, 15) is 4.39 Å². The van der Waals surface area contributed by atoms with Crippen molar-refractivity contribution in [3.63, 3.8) is 0 Å². The van der Waals surface area contributed by atoms with E-state index in [-0.39, 0.29) is 0 Å². The average Bonchev–Trinajstić information content (AvgIpc) is 2.18. The molecule has 0 spiro atoms. The van der Waals surface area contributed by atoms with Crippen LogP contribution < -0.4 is 0 Å². The molecule has 2 aromatic rings. The Morgan fingerprint density at radius 1 is 1.21 bits per heavy atom. The highest BCUT2D eigenvalue weighted by atomic mass is 79.9. The summed E-state index contributed by atoms with van der Waals surface area (Å²) >= 11 is 3.26. The van der Waals surface area contributed by atoms with Gasteiger partial charge in [-0.15, -0.1) is 0 Å². The number of pyridine rings is 2. The van der Waals surface area contributed by atoms with Crippen molar-refractivity contribution in [2.24, 2.45) is 0 Å². The molecule has 0 aliphatic carbocycles. The summed E-state index contributed by atoms with van der Waals surface area (Å²) in [7, 11) is 0. The van der Waals surface area contributed by atoms with Gasteiger partial charge in [-0.05, 0) is 34.1 Å². The summed E-state index contributed by atoms with van der Waals surface area (Å²) in [5.74, 6) is -0.496. The van der Waals surface area contributed by atoms with Crippen LogP contribution in [-0.2, 0) is 0 Å². The maximum Gasteiger partial charge on any atom is 0.213 e. The zero-order valence-corrected chi connectivity index (χ0v) is 8.70. The van der Waals surface area contributed by atoms with Crippen molar-refractivity contribution in [3.8, 4) is 11.3 Å². The zero-order valence-electron chi connectivity index (χ0n) is 7.11. The van der Waals surface area contributed by atoms with Gasteiger partial charge < -0.3 is 0 Å². The van der Waals surface area contributed by atoms with Crippen LogP contribution in [0.15, 0.2) is 41.1 Å². The van der Waals surface area contributed by atoms with Gasteiger partial charge in [-0.25, -0.2) is 9.97 Å². The fourth-order valence-corrected chi connectivity index (χ4v) is 1.47. The number of nitrogens with zero attached hydrogens (tertiary/aromatic N) is 2. The second-order valence-electron chi connectivity index (χ2n) is 2.71. The van der Waals surface area contributed by atoms with Crippen molar-refractivity contribution in [3.05, 3.63) is 47.1 Å². The summed E-state index contributed by atoms with van der Waals surface area (Å²) < 4.78 is 13.5. The molecule has 4 heteroatoms. The smallest absolute Gasteiger partial charge is 0.213 e. The third kappa shape index (κ3) is 1.96. The lowest BCUT2D eigenvalue weighted by Gasteiger charge is -2.00. The molecule has 0 saturated heterocycles. The summed E-state index contributed by atoms with van der Waals surface area (Å²) in [4.78, 5) is 7.69. The van der Waals surface area contributed by atoms with Gasteiger partial charge in [-0.2, -0.15) is 4.39 Å². The molecule has 0 fully saturated rings. The third-order valence-corrected chi connectivity index (χ3v) is 2.18. The number of hydrogen-bond donors (Lipinski definition) is 0. The Kier molecular flexibility index (Phi) is 2.54. The molecular formula is C10H6BrFN2. The Labute approximate surface area is 89.0 Å². The van der Waals surface area contributed by atoms with Gasteiger partial charge in [0.15, 0.2) is 0 Å². The molecular weight excluding hydrogens is 247 g/mol. The Bertz CT molecular complexity index is 416. The van der Waals surface area contributed by atoms with Crippen LogP contribution in [0.4, 0.5) is 4.39 Å². The molecule has 14 heavy (non-hydrogen) atoms. The standard InChI is InChI=1S/C10H6BrFN2/c11-9-3-1-2-8(14-9)7-4-5-13-10(12)6-7/h1-6H. The highest BCUT2D eigenvalue weighted by Crippen LogP contribution is 2.18. The van der Waals surface area contributed by atoms with E-state index in [0.717, 1.165) is 15.9 Å².